The summed E-state index contributed by atoms with van der Waals surface area (Å²) >= 11 is 1.73. The van der Waals surface area contributed by atoms with Crippen molar-refractivity contribution in [3.05, 3.63) is 56.4 Å². The molecule has 1 aromatic carbocycles. The zero-order chi connectivity index (χ0) is 19.1. The zero-order valence-corrected chi connectivity index (χ0v) is 17.1. The van der Waals surface area contributed by atoms with Crippen molar-refractivity contribution in [2.24, 2.45) is 0 Å². The number of hydrogen-bond donors (Lipinski definition) is 0. The van der Waals surface area contributed by atoms with E-state index in [9.17, 15) is 4.79 Å². The van der Waals surface area contributed by atoms with Crippen LogP contribution in [0.15, 0.2) is 29.1 Å². The lowest BCUT2D eigenvalue weighted by Gasteiger charge is -2.27. The van der Waals surface area contributed by atoms with Crippen molar-refractivity contribution in [2.75, 3.05) is 26.3 Å². The van der Waals surface area contributed by atoms with E-state index in [0.717, 1.165) is 60.9 Å². The first kappa shape index (κ1) is 18.0. The topological polar surface area (TPSA) is 47.4 Å². The van der Waals surface area contributed by atoms with E-state index in [2.05, 4.69) is 24.0 Å². The molecule has 0 amide bonds. The van der Waals surface area contributed by atoms with Gasteiger partial charge in [-0.25, -0.2) is 4.98 Å². The zero-order valence-electron chi connectivity index (χ0n) is 16.2. The van der Waals surface area contributed by atoms with Crippen LogP contribution in [0.3, 0.4) is 0 Å². The summed E-state index contributed by atoms with van der Waals surface area (Å²) in [6, 6.07) is 8.19. The third-order valence-electron chi connectivity index (χ3n) is 5.82. The molecule has 0 bridgehead atoms. The molecule has 5 rings (SSSR count). The minimum absolute atomic E-state index is 0.0940. The Kier molecular flexibility index (Phi) is 4.78. The van der Waals surface area contributed by atoms with E-state index in [0.29, 0.717) is 6.54 Å². The second-order valence-corrected chi connectivity index (χ2v) is 8.87. The van der Waals surface area contributed by atoms with E-state index < -0.39 is 0 Å². The average molecular weight is 396 g/mol. The molecule has 0 atom stereocenters. The normalized spacial score (nSPS) is 17.8. The fraction of sp³-hybridized carbons (Fsp3) is 0.455. The van der Waals surface area contributed by atoms with Gasteiger partial charge in [-0.3, -0.25) is 14.3 Å². The van der Waals surface area contributed by atoms with Crippen molar-refractivity contribution >= 4 is 21.6 Å². The van der Waals surface area contributed by atoms with Gasteiger partial charge in [0.25, 0.3) is 5.56 Å². The minimum atomic E-state index is 0.0940. The molecule has 0 saturated carbocycles. The molecule has 28 heavy (non-hydrogen) atoms. The highest BCUT2D eigenvalue weighted by Gasteiger charge is 2.23. The Morgan fingerprint density at radius 3 is 2.64 bits per heavy atom. The Balaban J connectivity index is 1.70. The lowest BCUT2D eigenvalue weighted by Crippen LogP contribution is -2.38. The van der Waals surface area contributed by atoms with Crippen LogP contribution in [-0.2, 0) is 24.1 Å². The highest BCUT2D eigenvalue weighted by atomic mass is 32.1. The van der Waals surface area contributed by atoms with Gasteiger partial charge in [0.1, 0.15) is 10.7 Å². The third-order valence-corrected chi connectivity index (χ3v) is 7.00. The number of ether oxygens (including phenoxy) is 1. The van der Waals surface area contributed by atoms with Gasteiger partial charge in [0.05, 0.1) is 30.8 Å². The van der Waals surface area contributed by atoms with E-state index in [1.165, 1.54) is 28.8 Å². The van der Waals surface area contributed by atoms with Gasteiger partial charge in [-0.15, -0.1) is 11.3 Å². The number of fused-ring (bicyclic) bond motifs is 3. The molecule has 2 aromatic heterocycles. The number of hydrogen-bond acceptors (Lipinski definition) is 5. The maximum Gasteiger partial charge on any atom is 0.267 e. The summed E-state index contributed by atoms with van der Waals surface area (Å²) in [7, 11) is 0. The molecule has 1 saturated heterocycles. The van der Waals surface area contributed by atoms with Crippen LogP contribution < -0.4 is 5.56 Å². The molecule has 146 valence electrons. The quantitative estimate of drug-likeness (QED) is 0.681. The predicted molar refractivity (Wildman–Crippen MR) is 113 cm³/mol. The average Bonchev–Trinajstić information content (AvgIpc) is 3.08. The Morgan fingerprint density at radius 2 is 1.86 bits per heavy atom. The number of benzene rings is 1. The maximum atomic E-state index is 13.7. The largest absolute Gasteiger partial charge is 0.379 e. The molecule has 2 aliphatic rings. The van der Waals surface area contributed by atoms with Crippen LogP contribution in [0.4, 0.5) is 0 Å². The molecule has 1 fully saturated rings. The van der Waals surface area contributed by atoms with Gasteiger partial charge < -0.3 is 4.74 Å². The van der Waals surface area contributed by atoms with E-state index in [-0.39, 0.29) is 5.56 Å². The van der Waals surface area contributed by atoms with Crippen LogP contribution in [-0.4, -0.2) is 40.8 Å². The lowest BCUT2D eigenvalue weighted by atomic mass is 9.97. The minimum Gasteiger partial charge on any atom is -0.379 e. The van der Waals surface area contributed by atoms with Crippen LogP contribution in [0.25, 0.3) is 15.9 Å². The summed E-state index contributed by atoms with van der Waals surface area (Å²) in [5.74, 6) is 0.835. The fourth-order valence-electron chi connectivity index (χ4n) is 4.27. The van der Waals surface area contributed by atoms with E-state index in [4.69, 9.17) is 9.72 Å². The van der Waals surface area contributed by atoms with E-state index in [1.54, 1.807) is 11.3 Å². The molecule has 1 aliphatic heterocycles. The molecule has 0 unspecified atom stereocenters. The van der Waals surface area contributed by atoms with Crippen LogP contribution in [0.5, 0.6) is 0 Å². The fourth-order valence-corrected chi connectivity index (χ4v) is 5.54. The van der Waals surface area contributed by atoms with E-state index >= 15 is 0 Å². The van der Waals surface area contributed by atoms with Crippen molar-refractivity contribution in [2.45, 2.75) is 39.2 Å². The Bertz CT molecular complexity index is 1060. The first-order chi connectivity index (χ1) is 13.7. The summed E-state index contributed by atoms with van der Waals surface area (Å²) in [5.41, 5.74) is 3.44. The summed E-state index contributed by atoms with van der Waals surface area (Å²) in [6.45, 7) is 5.98. The number of aryl methyl sites for hydroxylation is 3. The monoisotopic (exact) mass is 395 g/mol. The number of aromatic nitrogens is 2. The maximum absolute atomic E-state index is 13.7. The third kappa shape index (κ3) is 3.19. The Labute approximate surface area is 168 Å². The van der Waals surface area contributed by atoms with Gasteiger partial charge in [0.2, 0.25) is 0 Å². The second kappa shape index (κ2) is 7.43. The van der Waals surface area contributed by atoms with Crippen molar-refractivity contribution in [1.29, 1.82) is 0 Å². The predicted octanol–water partition coefficient (Wildman–Crippen LogP) is 3.47. The molecule has 0 radical (unpaired) electrons. The first-order valence-electron chi connectivity index (χ1n) is 10.1. The van der Waals surface area contributed by atoms with Gasteiger partial charge in [0.15, 0.2) is 0 Å². The highest BCUT2D eigenvalue weighted by Crippen LogP contribution is 2.34. The van der Waals surface area contributed by atoms with E-state index in [1.807, 2.05) is 16.7 Å². The molecular formula is C22H25N3O2S. The number of morpholine rings is 1. The molecule has 0 spiro atoms. The smallest absolute Gasteiger partial charge is 0.267 e. The standard InChI is InChI=1S/C22H25N3O2S/c1-15-6-8-16(9-7-15)25-19(14-24-10-12-27-13-11-24)23-21-20(22(25)26)17-4-2-3-5-18(17)28-21/h6-9H,2-5,10-14H2,1H3. The molecule has 5 nitrogen and oxygen atoms in total. The summed E-state index contributed by atoms with van der Waals surface area (Å²) in [5, 5.41) is 0.853. The Morgan fingerprint density at radius 1 is 1.11 bits per heavy atom. The van der Waals surface area contributed by atoms with Gasteiger partial charge in [-0.2, -0.15) is 0 Å². The van der Waals surface area contributed by atoms with Gasteiger partial charge >= 0.3 is 0 Å². The van der Waals surface area contributed by atoms with Gasteiger partial charge in [-0.1, -0.05) is 17.7 Å². The van der Waals surface area contributed by atoms with Crippen LogP contribution in [0, 0.1) is 6.92 Å². The first-order valence-corrected chi connectivity index (χ1v) is 11.0. The van der Waals surface area contributed by atoms with Crippen molar-refractivity contribution in [3.63, 3.8) is 0 Å². The van der Waals surface area contributed by atoms with Crippen molar-refractivity contribution in [1.82, 2.24) is 14.5 Å². The Hall–Kier alpha value is -2.02. The lowest BCUT2D eigenvalue weighted by molar-refractivity contribution is 0.0327. The number of thiophene rings is 1. The molecule has 1 aliphatic carbocycles. The number of rotatable bonds is 3. The van der Waals surface area contributed by atoms with Crippen LogP contribution >= 0.6 is 11.3 Å². The number of nitrogens with zero attached hydrogens (tertiary/aromatic N) is 3. The summed E-state index contributed by atoms with van der Waals surface area (Å²) in [6.07, 6.45) is 4.47. The summed E-state index contributed by atoms with van der Waals surface area (Å²) < 4.78 is 7.33. The molecular weight excluding hydrogens is 370 g/mol. The van der Waals surface area contributed by atoms with Gasteiger partial charge in [0, 0.05) is 18.0 Å². The van der Waals surface area contributed by atoms with Gasteiger partial charge in [-0.05, 0) is 50.3 Å². The molecule has 3 aromatic rings. The van der Waals surface area contributed by atoms with Crippen LogP contribution in [0.1, 0.15) is 34.7 Å². The van der Waals surface area contributed by atoms with Crippen molar-refractivity contribution < 1.29 is 4.74 Å². The highest BCUT2D eigenvalue weighted by molar-refractivity contribution is 7.18. The molecule has 0 N–H and O–H groups in total. The SMILES string of the molecule is Cc1ccc(-n2c(CN3CCOCC3)nc3sc4c(c3c2=O)CCCC4)cc1. The molecule has 3 heterocycles. The summed E-state index contributed by atoms with van der Waals surface area (Å²) in [4.78, 5) is 23.3. The second-order valence-electron chi connectivity index (χ2n) is 7.78. The van der Waals surface area contributed by atoms with Crippen LogP contribution in [0.2, 0.25) is 0 Å². The molecule has 6 heteroatoms. The van der Waals surface area contributed by atoms with Crippen molar-refractivity contribution in [3.8, 4) is 5.69 Å².